The lowest BCUT2D eigenvalue weighted by Crippen LogP contribution is -2.36. The molecule has 25 heavy (non-hydrogen) atoms. The molecule has 0 unspecified atom stereocenters. The van der Waals surface area contributed by atoms with Crippen molar-refractivity contribution in [3.8, 4) is 0 Å². The van der Waals surface area contributed by atoms with Crippen LogP contribution in [0.25, 0.3) is 0 Å². The second kappa shape index (κ2) is 8.94. The van der Waals surface area contributed by atoms with E-state index in [9.17, 15) is 22.4 Å². The Morgan fingerprint density at radius 1 is 1.16 bits per heavy atom. The molecule has 6 nitrogen and oxygen atoms in total. The van der Waals surface area contributed by atoms with Gasteiger partial charge in [-0.05, 0) is 37.1 Å². The van der Waals surface area contributed by atoms with Gasteiger partial charge >= 0.3 is 0 Å². The van der Waals surface area contributed by atoms with E-state index >= 15 is 0 Å². The molecule has 0 spiro atoms. The molecule has 1 aromatic carbocycles. The average Bonchev–Trinajstić information content (AvgIpc) is 2.77. The number of hydrogen-bond donors (Lipinski definition) is 1. The first-order valence-electron chi connectivity index (χ1n) is 8.41. The summed E-state index contributed by atoms with van der Waals surface area (Å²) in [7, 11) is -3.57. The van der Waals surface area contributed by atoms with Crippen LogP contribution in [-0.2, 0) is 19.4 Å². The number of sulfone groups is 1. The minimum atomic E-state index is -3.57. The molecule has 2 amide bonds. The van der Waals surface area contributed by atoms with Gasteiger partial charge in [-0.3, -0.25) is 9.59 Å². The van der Waals surface area contributed by atoms with Crippen LogP contribution in [0.1, 0.15) is 32.1 Å². The fourth-order valence-electron chi connectivity index (χ4n) is 2.68. The standard InChI is InChI=1S/C17H23FN2O4S/c18-14-5-7-15(8-6-14)25(23,24)13-10-19-16(21)9-12-20-11-3-1-2-4-17(20)22/h5-8H,1-4,9-13H2,(H,19,21). The van der Waals surface area contributed by atoms with E-state index in [2.05, 4.69) is 5.32 Å². The summed E-state index contributed by atoms with van der Waals surface area (Å²) >= 11 is 0. The summed E-state index contributed by atoms with van der Waals surface area (Å²) < 4.78 is 37.0. The van der Waals surface area contributed by atoms with Crippen LogP contribution in [0.2, 0.25) is 0 Å². The van der Waals surface area contributed by atoms with Gasteiger partial charge in [0.05, 0.1) is 10.6 Å². The van der Waals surface area contributed by atoms with Gasteiger partial charge in [0.25, 0.3) is 0 Å². The summed E-state index contributed by atoms with van der Waals surface area (Å²) in [4.78, 5) is 25.4. The molecule has 0 bridgehead atoms. The fourth-order valence-corrected chi connectivity index (χ4v) is 3.84. The molecular formula is C17H23FN2O4S. The first-order valence-corrected chi connectivity index (χ1v) is 10.1. The lowest BCUT2D eigenvalue weighted by molar-refractivity contribution is -0.131. The van der Waals surface area contributed by atoms with Crippen molar-refractivity contribution >= 4 is 21.7 Å². The highest BCUT2D eigenvalue weighted by Gasteiger charge is 2.18. The van der Waals surface area contributed by atoms with Gasteiger partial charge in [-0.25, -0.2) is 12.8 Å². The number of amides is 2. The van der Waals surface area contributed by atoms with Gasteiger partial charge in [-0.2, -0.15) is 0 Å². The topological polar surface area (TPSA) is 83.6 Å². The molecule has 0 radical (unpaired) electrons. The smallest absolute Gasteiger partial charge is 0.222 e. The second-order valence-electron chi connectivity index (χ2n) is 6.06. The minimum Gasteiger partial charge on any atom is -0.355 e. The Bertz CT molecular complexity index is 704. The molecule has 1 aromatic rings. The Labute approximate surface area is 147 Å². The SMILES string of the molecule is O=C(CCN1CCCCCC1=O)NCCS(=O)(=O)c1ccc(F)cc1. The van der Waals surface area contributed by atoms with Gasteiger partial charge in [0.15, 0.2) is 9.84 Å². The van der Waals surface area contributed by atoms with E-state index in [1.807, 2.05) is 0 Å². The lowest BCUT2D eigenvalue weighted by atomic mass is 10.2. The van der Waals surface area contributed by atoms with Gasteiger partial charge in [-0.15, -0.1) is 0 Å². The van der Waals surface area contributed by atoms with Crippen molar-refractivity contribution in [1.82, 2.24) is 10.2 Å². The van der Waals surface area contributed by atoms with Crippen molar-refractivity contribution in [3.05, 3.63) is 30.1 Å². The molecule has 1 fully saturated rings. The highest BCUT2D eigenvalue weighted by molar-refractivity contribution is 7.91. The highest BCUT2D eigenvalue weighted by Crippen LogP contribution is 2.12. The summed E-state index contributed by atoms with van der Waals surface area (Å²) in [6, 6.07) is 4.59. The number of nitrogens with zero attached hydrogens (tertiary/aromatic N) is 1. The van der Waals surface area contributed by atoms with Crippen LogP contribution in [-0.4, -0.2) is 50.5 Å². The fraction of sp³-hybridized carbons (Fsp3) is 0.529. The van der Waals surface area contributed by atoms with E-state index in [0.29, 0.717) is 19.5 Å². The van der Waals surface area contributed by atoms with Crippen molar-refractivity contribution in [2.45, 2.75) is 37.0 Å². The number of benzene rings is 1. The number of likely N-dealkylation sites (tertiary alicyclic amines) is 1. The molecule has 1 aliphatic heterocycles. The zero-order chi connectivity index (χ0) is 18.3. The minimum absolute atomic E-state index is 0.0213. The quantitative estimate of drug-likeness (QED) is 0.738. The number of carbonyl (C=O) groups is 2. The van der Waals surface area contributed by atoms with Crippen LogP contribution in [0, 0.1) is 5.82 Å². The molecule has 8 heteroatoms. The molecule has 2 rings (SSSR count). The first kappa shape index (κ1) is 19.4. The third-order valence-electron chi connectivity index (χ3n) is 4.15. The molecule has 0 saturated carbocycles. The van der Waals surface area contributed by atoms with E-state index in [1.165, 1.54) is 12.1 Å². The zero-order valence-electron chi connectivity index (χ0n) is 14.0. The van der Waals surface area contributed by atoms with E-state index in [1.54, 1.807) is 4.90 Å². The predicted octanol–water partition coefficient (Wildman–Crippen LogP) is 1.51. The van der Waals surface area contributed by atoms with Crippen molar-refractivity contribution in [1.29, 1.82) is 0 Å². The number of nitrogens with one attached hydrogen (secondary N) is 1. The molecule has 138 valence electrons. The Hall–Kier alpha value is -1.96. The molecule has 0 atom stereocenters. The molecule has 0 aromatic heterocycles. The normalized spacial score (nSPS) is 15.7. The average molecular weight is 370 g/mol. The van der Waals surface area contributed by atoms with Gasteiger partial charge in [0.1, 0.15) is 5.82 Å². The van der Waals surface area contributed by atoms with Gasteiger partial charge in [-0.1, -0.05) is 6.42 Å². The third-order valence-corrected chi connectivity index (χ3v) is 5.88. The zero-order valence-corrected chi connectivity index (χ0v) is 14.9. The molecule has 0 aliphatic carbocycles. The van der Waals surface area contributed by atoms with E-state index in [0.717, 1.165) is 31.4 Å². The maximum atomic E-state index is 12.8. The van der Waals surface area contributed by atoms with Crippen LogP contribution >= 0.6 is 0 Å². The maximum absolute atomic E-state index is 12.8. The summed E-state index contributed by atoms with van der Waals surface area (Å²) in [6.45, 7) is 1.01. The van der Waals surface area contributed by atoms with Crippen molar-refractivity contribution in [3.63, 3.8) is 0 Å². The van der Waals surface area contributed by atoms with Crippen molar-refractivity contribution in [2.24, 2.45) is 0 Å². The Morgan fingerprint density at radius 3 is 2.60 bits per heavy atom. The van der Waals surface area contributed by atoms with E-state index < -0.39 is 15.7 Å². The largest absolute Gasteiger partial charge is 0.355 e. The van der Waals surface area contributed by atoms with Gasteiger partial charge < -0.3 is 10.2 Å². The van der Waals surface area contributed by atoms with Crippen molar-refractivity contribution < 1.29 is 22.4 Å². The van der Waals surface area contributed by atoms with E-state index in [4.69, 9.17) is 0 Å². The number of rotatable bonds is 7. The van der Waals surface area contributed by atoms with Gasteiger partial charge in [0, 0.05) is 32.5 Å². The predicted molar refractivity (Wildman–Crippen MR) is 91.1 cm³/mol. The monoisotopic (exact) mass is 370 g/mol. The molecule has 1 heterocycles. The third kappa shape index (κ3) is 6.12. The number of halogens is 1. The maximum Gasteiger partial charge on any atom is 0.222 e. The Kier molecular flexibility index (Phi) is 6.92. The highest BCUT2D eigenvalue weighted by atomic mass is 32.2. The number of hydrogen-bond acceptors (Lipinski definition) is 4. The van der Waals surface area contributed by atoms with E-state index in [-0.39, 0.29) is 35.4 Å². The van der Waals surface area contributed by atoms with Crippen LogP contribution in [0.5, 0.6) is 0 Å². The van der Waals surface area contributed by atoms with Crippen LogP contribution in [0.4, 0.5) is 4.39 Å². The molecule has 1 aliphatic rings. The molecule has 1 N–H and O–H groups in total. The molecule has 1 saturated heterocycles. The number of carbonyl (C=O) groups excluding carboxylic acids is 2. The van der Waals surface area contributed by atoms with Crippen LogP contribution in [0.3, 0.4) is 0 Å². The summed E-state index contributed by atoms with van der Waals surface area (Å²) in [6.07, 6.45) is 3.54. The summed E-state index contributed by atoms with van der Waals surface area (Å²) in [5.74, 6) is -0.974. The molecular weight excluding hydrogens is 347 g/mol. The Morgan fingerprint density at radius 2 is 1.88 bits per heavy atom. The Balaban J connectivity index is 1.74. The first-order chi connectivity index (χ1) is 11.9. The van der Waals surface area contributed by atoms with Crippen LogP contribution in [0.15, 0.2) is 29.2 Å². The van der Waals surface area contributed by atoms with Gasteiger partial charge in [0.2, 0.25) is 11.8 Å². The van der Waals surface area contributed by atoms with Crippen LogP contribution < -0.4 is 5.32 Å². The summed E-state index contributed by atoms with van der Waals surface area (Å²) in [5, 5.41) is 2.56. The summed E-state index contributed by atoms with van der Waals surface area (Å²) in [5.41, 5.74) is 0. The lowest BCUT2D eigenvalue weighted by Gasteiger charge is -2.20. The second-order valence-corrected chi connectivity index (χ2v) is 8.17. The van der Waals surface area contributed by atoms with Crippen molar-refractivity contribution in [2.75, 3.05) is 25.4 Å².